The molecule has 0 amide bonds. The van der Waals surface area contributed by atoms with Crippen molar-refractivity contribution in [2.24, 2.45) is 0 Å². The van der Waals surface area contributed by atoms with Gasteiger partial charge in [0, 0.05) is 16.7 Å². The van der Waals surface area contributed by atoms with Crippen molar-refractivity contribution in [2.75, 3.05) is 4.90 Å². The minimum Gasteiger partial charge on any atom is -0.386 e. The number of pyridine rings is 1. The van der Waals surface area contributed by atoms with E-state index in [2.05, 4.69) is 32.9 Å². The highest BCUT2D eigenvalue weighted by Gasteiger charge is 2.33. The van der Waals surface area contributed by atoms with Gasteiger partial charge in [-0.3, -0.25) is 0 Å². The van der Waals surface area contributed by atoms with Crippen molar-refractivity contribution < 1.29 is 15.3 Å². The lowest BCUT2D eigenvalue weighted by molar-refractivity contribution is 0.0746. The topological polar surface area (TPSA) is 76.8 Å². The summed E-state index contributed by atoms with van der Waals surface area (Å²) < 4.78 is 0. The lowest BCUT2D eigenvalue weighted by Crippen LogP contribution is -2.28. The Morgan fingerprint density at radius 2 is 1.02 bits per heavy atom. The maximum atomic E-state index is 11.5. The Hall–Kier alpha value is -3.51. The van der Waals surface area contributed by atoms with Crippen molar-refractivity contribution in [2.45, 2.75) is 79.1 Å². The van der Waals surface area contributed by atoms with E-state index in [1.165, 1.54) is 5.56 Å². The molecule has 0 fully saturated rings. The number of benzene rings is 3. The van der Waals surface area contributed by atoms with Crippen molar-refractivity contribution >= 4 is 17.1 Å². The van der Waals surface area contributed by atoms with Crippen LogP contribution >= 0.6 is 0 Å². The summed E-state index contributed by atoms with van der Waals surface area (Å²) in [6.07, 6.45) is 0. The molecule has 4 aromatic rings. The van der Waals surface area contributed by atoms with E-state index in [1.54, 1.807) is 41.5 Å². The maximum Gasteiger partial charge on any atom is 0.103 e. The van der Waals surface area contributed by atoms with Crippen molar-refractivity contribution in [3.63, 3.8) is 0 Å². The molecule has 0 aliphatic rings. The molecule has 0 aliphatic heterocycles. The highest BCUT2D eigenvalue weighted by molar-refractivity contribution is 5.83. The summed E-state index contributed by atoms with van der Waals surface area (Å²) in [6, 6.07) is 23.6. The second-order valence-corrected chi connectivity index (χ2v) is 12.4. The molecule has 0 atom stereocenters. The second-order valence-electron chi connectivity index (χ2n) is 12.4. The van der Waals surface area contributed by atoms with Gasteiger partial charge in [-0.15, -0.1) is 0 Å². The summed E-state index contributed by atoms with van der Waals surface area (Å²) in [4.78, 5) is 7.10. The van der Waals surface area contributed by atoms with Crippen LogP contribution in [-0.4, -0.2) is 20.3 Å². The largest absolute Gasteiger partial charge is 0.386 e. The fourth-order valence-corrected chi connectivity index (χ4v) is 5.57. The molecule has 0 unspecified atom stereocenters. The normalized spacial score (nSPS) is 12.5. The van der Waals surface area contributed by atoms with Crippen molar-refractivity contribution in [1.29, 1.82) is 0 Å². The molecule has 0 saturated carbocycles. The first-order chi connectivity index (χ1) is 18.5. The molecule has 0 spiro atoms. The molecular weight excluding hydrogens is 496 g/mol. The molecular formula is C35H42N2O3. The summed E-state index contributed by atoms with van der Waals surface area (Å²) in [7, 11) is 0. The van der Waals surface area contributed by atoms with E-state index in [1.807, 2.05) is 65.6 Å². The van der Waals surface area contributed by atoms with Gasteiger partial charge < -0.3 is 20.2 Å². The third kappa shape index (κ3) is 5.83. The quantitative estimate of drug-likeness (QED) is 0.224. The van der Waals surface area contributed by atoms with Crippen LogP contribution in [0.5, 0.6) is 0 Å². The van der Waals surface area contributed by atoms with Crippen LogP contribution in [0.15, 0.2) is 72.8 Å². The van der Waals surface area contributed by atoms with Gasteiger partial charge in [-0.05, 0) is 97.7 Å². The highest BCUT2D eigenvalue weighted by Crippen LogP contribution is 2.46. The molecule has 0 aliphatic carbocycles. The molecule has 40 heavy (non-hydrogen) atoms. The summed E-state index contributed by atoms with van der Waals surface area (Å²) in [5.74, 6) is 0. The van der Waals surface area contributed by atoms with Crippen molar-refractivity contribution in [1.82, 2.24) is 4.98 Å². The zero-order chi connectivity index (χ0) is 29.6. The number of hydrogen-bond acceptors (Lipinski definition) is 5. The molecule has 5 nitrogen and oxygen atoms in total. The van der Waals surface area contributed by atoms with Gasteiger partial charge in [0.05, 0.1) is 39.7 Å². The summed E-state index contributed by atoms with van der Waals surface area (Å²) in [5.41, 5.74) is 5.66. The second kappa shape index (κ2) is 10.5. The third-order valence-electron chi connectivity index (χ3n) is 7.24. The highest BCUT2D eigenvalue weighted by atomic mass is 16.3. The van der Waals surface area contributed by atoms with Crippen LogP contribution in [0, 0.1) is 20.8 Å². The van der Waals surface area contributed by atoms with Gasteiger partial charge in [0.1, 0.15) is 5.60 Å². The Morgan fingerprint density at radius 1 is 0.575 bits per heavy atom. The van der Waals surface area contributed by atoms with E-state index >= 15 is 0 Å². The molecule has 1 aromatic heterocycles. The minimum atomic E-state index is -1.30. The number of rotatable bonds is 7. The lowest BCUT2D eigenvalue weighted by Gasteiger charge is -2.36. The Morgan fingerprint density at radius 3 is 1.45 bits per heavy atom. The van der Waals surface area contributed by atoms with Gasteiger partial charge in [0.15, 0.2) is 0 Å². The van der Waals surface area contributed by atoms with E-state index in [0.717, 1.165) is 33.8 Å². The van der Waals surface area contributed by atoms with Crippen molar-refractivity contribution in [3.05, 3.63) is 106 Å². The van der Waals surface area contributed by atoms with Gasteiger partial charge in [0.2, 0.25) is 0 Å². The van der Waals surface area contributed by atoms with Crippen LogP contribution < -0.4 is 4.90 Å². The van der Waals surface area contributed by atoms with E-state index in [4.69, 9.17) is 4.98 Å². The minimum absolute atomic E-state index is 0.487. The zero-order valence-electron chi connectivity index (χ0n) is 25.2. The summed E-state index contributed by atoms with van der Waals surface area (Å²) >= 11 is 0. The molecule has 0 saturated heterocycles. The number of aryl methyl sites for hydroxylation is 3. The van der Waals surface area contributed by atoms with Gasteiger partial charge in [-0.1, -0.05) is 54.1 Å². The van der Waals surface area contributed by atoms with Crippen molar-refractivity contribution in [3.8, 4) is 11.3 Å². The fourth-order valence-electron chi connectivity index (χ4n) is 5.57. The SMILES string of the molecule is Cc1cc(C)c(-c2ccc(N(c3ccccc3C(C)(C)O)c3ccccc3C(C)(C)O)c(C(C)(C)O)n2)c(C)c1. The monoisotopic (exact) mass is 538 g/mol. The molecule has 4 rings (SSSR count). The summed E-state index contributed by atoms with van der Waals surface area (Å²) in [5, 5.41) is 33.9. The smallest absolute Gasteiger partial charge is 0.103 e. The van der Waals surface area contributed by atoms with E-state index in [0.29, 0.717) is 22.5 Å². The Balaban J connectivity index is 2.11. The van der Waals surface area contributed by atoms with E-state index in [9.17, 15) is 15.3 Å². The standard InChI is InChI=1S/C35H42N2O3/c1-22-20-23(2)31(24(3)21-22)27-18-19-30(32(36-27)35(8,9)40)37(28-16-12-10-14-25(28)33(4,5)38)29-17-13-11-15-26(29)34(6,7)39/h10-21,38-40H,1-9H3. The molecule has 1 heterocycles. The van der Waals surface area contributed by atoms with Crippen LogP contribution in [0.3, 0.4) is 0 Å². The molecule has 0 radical (unpaired) electrons. The summed E-state index contributed by atoms with van der Waals surface area (Å²) in [6.45, 7) is 16.8. The van der Waals surface area contributed by atoms with Gasteiger partial charge in [-0.25, -0.2) is 4.98 Å². The molecule has 0 bridgehead atoms. The average molecular weight is 539 g/mol. The van der Waals surface area contributed by atoms with Crippen LogP contribution in [0.4, 0.5) is 17.1 Å². The molecule has 210 valence electrons. The van der Waals surface area contributed by atoms with E-state index < -0.39 is 16.8 Å². The van der Waals surface area contributed by atoms with Crippen LogP contribution in [0.2, 0.25) is 0 Å². The molecule has 5 heteroatoms. The predicted molar refractivity (Wildman–Crippen MR) is 164 cm³/mol. The van der Waals surface area contributed by atoms with E-state index in [-0.39, 0.29) is 0 Å². The number of hydrogen-bond donors (Lipinski definition) is 3. The first kappa shape index (κ1) is 29.5. The zero-order valence-corrected chi connectivity index (χ0v) is 25.2. The molecule has 3 N–H and O–H groups in total. The van der Waals surface area contributed by atoms with Gasteiger partial charge in [0.25, 0.3) is 0 Å². The number of nitrogens with zero attached hydrogens (tertiary/aromatic N) is 2. The lowest BCUT2D eigenvalue weighted by atomic mass is 9.91. The number of aliphatic hydroxyl groups is 3. The Bertz CT molecular complexity index is 1460. The fraction of sp³-hybridized carbons (Fsp3) is 0.343. The Labute approximate surface area is 238 Å². The van der Waals surface area contributed by atoms with Crippen LogP contribution in [0.1, 0.15) is 75.1 Å². The van der Waals surface area contributed by atoms with Gasteiger partial charge >= 0.3 is 0 Å². The maximum absolute atomic E-state index is 11.5. The third-order valence-corrected chi connectivity index (χ3v) is 7.24. The first-order valence-electron chi connectivity index (χ1n) is 13.8. The van der Waals surface area contributed by atoms with Gasteiger partial charge in [-0.2, -0.15) is 0 Å². The average Bonchev–Trinajstić information content (AvgIpc) is 2.83. The first-order valence-corrected chi connectivity index (χ1v) is 13.8. The predicted octanol–water partition coefficient (Wildman–Crippen LogP) is 7.83. The number of aromatic nitrogens is 1. The van der Waals surface area contributed by atoms with Crippen LogP contribution in [0.25, 0.3) is 11.3 Å². The number of para-hydroxylation sites is 2. The molecule has 3 aromatic carbocycles. The number of anilines is 3. The van der Waals surface area contributed by atoms with Crippen LogP contribution in [-0.2, 0) is 16.8 Å². The Kier molecular flexibility index (Phi) is 7.72.